The summed E-state index contributed by atoms with van der Waals surface area (Å²) in [5.41, 5.74) is 2.79. The maximum absolute atomic E-state index is 12.5. The van der Waals surface area contributed by atoms with E-state index < -0.39 is 10.0 Å². The summed E-state index contributed by atoms with van der Waals surface area (Å²) in [6.07, 6.45) is 0. The number of hydrogen-bond acceptors (Lipinski definition) is 5. The highest BCUT2D eigenvalue weighted by Crippen LogP contribution is 2.18. The molecule has 0 unspecified atom stereocenters. The minimum atomic E-state index is -3.52. The maximum Gasteiger partial charge on any atom is 0.241 e. The number of nitrogens with zero attached hydrogens (tertiary/aromatic N) is 2. The fourth-order valence-electron chi connectivity index (χ4n) is 2.51. The Balaban J connectivity index is 2.03. The zero-order chi connectivity index (χ0) is 17.7. The quantitative estimate of drug-likeness (QED) is 0.779. The number of nitrogens with one attached hydrogen (secondary N) is 1. The van der Waals surface area contributed by atoms with Gasteiger partial charge in [-0.05, 0) is 38.6 Å². The minimum absolute atomic E-state index is 0.221. The molecule has 0 atom stereocenters. The van der Waals surface area contributed by atoms with Crippen molar-refractivity contribution in [1.82, 2.24) is 14.6 Å². The second kappa shape index (κ2) is 8.20. The predicted molar refractivity (Wildman–Crippen MR) is 98.7 cm³/mol. The van der Waals surface area contributed by atoms with E-state index in [2.05, 4.69) is 28.5 Å². The van der Waals surface area contributed by atoms with Crippen LogP contribution in [0.2, 0.25) is 0 Å². The van der Waals surface area contributed by atoms with Crippen LogP contribution in [0.4, 0.5) is 0 Å². The molecule has 0 aliphatic rings. The Hall–Kier alpha value is -1.28. The van der Waals surface area contributed by atoms with Gasteiger partial charge in [0, 0.05) is 11.9 Å². The van der Waals surface area contributed by atoms with E-state index in [1.807, 2.05) is 31.4 Å². The largest absolute Gasteiger partial charge is 0.298 e. The molecule has 0 aliphatic heterocycles. The van der Waals surface area contributed by atoms with Gasteiger partial charge >= 0.3 is 0 Å². The summed E-state index contributed by atoms with van der Waals surface area (Å²) < 4.78 is 27.6. The monoisotopic (exact) mass is 367 g/mol. The third-order valence-corrected chi connectivity index (χ3v) is 6.37. The molecule has 0 radical (unpaired) electrons. The SMILES string of the molecule is CCN(CC)Cc1csc(CNS(=O)(=O)c2ccc(C)cc2C)n1. The fraction of sp³-hybridized carbons (Fsp3) is 0.471. The smallest absolute Gasteiger partial charge is 0.241 e. The molecular formula is C17H25N3O2S2. The Kier molecular flexibility index (Phi) is 6.51. The lowest BCUT2D eigenvalue weighted by Crippen LogP contribution is -2.24. The zero-order valence-corrected chi connectivity index (χ0v) is 16.3. The van der Waals surface area contributed by atoms with Gasteiger partial charge in [-0.25, -0.2) is 18.1 Å². The fourth-order valence-corrected chi connectivity index (χ4v) is 4.54. The number of aryl methyl sites for hydroxylation is 2. The first-order valence-corrected chi connectivity index (χ1v) is 10.4. The minimum Gasteiger partial charge on any atom is -0.298 e. The van der Waals surface area contributed by atoms with Crippen LogP contribution in [-0.4, -0.2) is 31.4 Å². The molecule has 0 saturated heterocycles. The Bertz CT molecular complexity index is 781. The molecule has 0 amide bonds. The lowest BCUT2D eigenvalue weighted by atomic mass is 10.2. The van der Waals surface area contributed by atoms with Crippen molar-refractivity contribution < 1.29 is 8.42 Å². The van der Waals surface area contributed by atoms with Crippen molar-refractivity contribution in [2.24, 2.45) is 0 Å². The van der Waals surface area contributed by atoms with Crippen molar-refractivity contribution in [3.05, 3.63) is 45.4 Å². The summed E-state index contributed by atoms with van der Waals surface area (Å²) in [4.78, 5) is 7.13. The summed E-state index contributed by atoms with van der Waals surface area (Å²) >= 11 is 1.49. The maximum atomic E-state index is 12.5. The van der Waals surface area contributed by atoms with E-state index in [0.717, 1.165) is 41.5 Å². The van der Waals surface area contributed by atoms with Gasteiger partial charge in [0.25, 0.3) is 0 Å². The molecule has 5 nitrogen and oxygen atoms in total. The molecule has 0 spiro atoms. The Labute approximate surface area is 148 Å². The first-order chi connectivity index (χ1) is 11.4. The molecule has 1 aromatic carbocycles. The van der Waals surface area contributed by atoms with Gasteiger partial charge in [0.05, 0.1) is 17.1 Å². The number of rotatable bonds is 8. The van der Waals surface area contributed by atoms with Crippen molar-refractivity contribution >= 4 is 21.4 Å². The Morgan fingerprint density at radius 3 is 2.54 bits per heavy atom. The van der Waals surface area contributed by atoms with Crippen LogP contribution in [0.15, 0.2) is 28.5 Å². The van der Waals surface area contributed by atoms with Gasteiger partial charge in [0.2, 0.25) is 10.0 Å². The lowest BCUT2D eigenvalue weighted by Gasteiger charge is -2.15. The average Bonchev–Trinajstić information content (AvgIpc) is 2.98. The first-order valence-electron chi connectivity index (χ1n) is 8.08. The first kappa shape index (κ1) is 19.1. The number of thiazole rings is 1. The van der Waals surface area contributed by atoms with Crippen LogP contribution in [-0.2, 0) is 23.1 Å². The second-order valence-electron chi connectivity index (χ2n) is 5.79. The standard InChI is InChI=1S/C17H25N3O2S2/c1-5-20(6-2)11-15-12-23-17(19-15)10-18-24(21,22)16-8-7-13(3)9-14(16)4/h7-9,12,18H,5-6,10-11H2,1-4H3. The van der Waals surface area contributed by atoms with E-state index in [4.69, 9.17) is 0 Å². The van der Waals surface area contributed by atoms with Gasteiger partial charge in [-0.1, -0.05) is 31.5 Å². The highest BCUT2D eigenvalue weighted by atomic mass is 32.2. The zero-order valence-electron chi connectivity index (χ0n) is 14.7. The highest BCUT2D eigenvalue weighted by Gasteiger charge is 2.17. The predicted octanol–water partition coefficient (Wildman–Crippen LogP) is 3.08. The molecule has 0 aliphatic carbocycles. The van der Waals surface area contributed by atoms with Crippen LogP contribution < -0.4 is 4.72 Å². The summed E-state index contributed by atoms with van der Waals surface area (Å²) in [5.74, 6) is 0. The van der Waals surface area contributed by atoms with Gasteiger partial charge in [-0.3, -0.25) is 4.90 Å². The van der Waals surface area contributed by atoms with E-state index >= 15 is 0 Å². The van der Waals surface area contributed by atoms with E-state index in [0.29, 0.717) is 4.90 Å². The van der Waals surface area contributed by atoms with Gasteiger partial charge < -0.3 is 0 Å². The van der Waals surface area contributed by atoms with Crippen LogP contribution >= 0.6 is 11.3 Å². The summed E-state index contributed by atoms with van der Waals surface area (Å²) in [7, 11) is -3.52. The van der Waals surface area contributed by atoms with E-state index in [-0.39, 0.29) is 6.54 Å². The van der Waals surface area contributed by atoms with Crippen LogP contribution in [0, 0.1) is 13.8 Å². The average molecular weight is 368 g/mol. The number of benzene rings is 1. The lowest BCUT2D eigenvalue weighted by molar-refractivity contribution is 0.292. The van der Waals surface area contributed by atoms with Crippen molar-refractivity contribution in [1.29, 1.82) is 0 Å². The molecule has 0 saturated carbocycles. The molecule has 0 bridgehead atoms. The van der Waals surface area contributed by atoms with Crippen LogP contribution in [0.25, 0.3) is 0 Å². The Morgan fingerprint density at radius 2 is 1.92 bits per heavy atom. The third kappa shape index (κ3) is 4.86. The van der Waals surface area contributed by atoms with Crippen molar-refractivity contribution in [3.63, 3.8) is 0 Å². The number of aromatic nitrogens is 1. The van der Waals surface area contributed by atoms with Crippen LogP contribution in [0.1, 0.15) is 35.7 Å². The van der Waals surface area contributed by atoms with Gasteiger partial charge in [-0.2, -0.15) is 0 Å². The molecule has 24 heavy (non-hydrogen) atoms. The van der Waals surface area contributed by atoms with Gasteiger partial charge in [-0.15, -0.1) is 11.3 Å². The number of hydrogen-bond donors (Lipinski definition) is 1. The molecule has 1 N–H and O–H groups in total. The normalized spacial score (nSPS) is 12.0. The van der Waals surface area contributed by atoms with E-state index in [1.165, 1.54) is 11.3 Å². The molecule has 2 rings (SSSR count). The summed E-state index contributed by atoms with van der Waals surface area (Å²) in [6.45, 7) is 11.0. The van der Waals surface area contributed by atoms with Crippen molar-refractivity contribution in [3.8, 4) is 0 Å². The molecular weight excluding hydrogens is 342 g/mol. The molecule has 1 heterocycles. The molecule has 1 aromatic heterocycles. The van der Waals surface area contributed by atoms with Crippen molar-refractivity contribution in [2.75, 3.05) is 13.1 Å². The summed E-state index contributed by atoms with van der Waals surface area (Å²) in [5, 5.41) is 2.78. The van der Waals surface area contributed by atoms with Crippen LogP contribution in [0.3, 0.4) is 0 Å². The molecule has 2 aromatic rings. The Morgan fingerprint density at radius 1 is 1.21 bits per heavy atom. The molecule has 132 valence electrons. The molecule has 7 heteroatoms. The summed E-state index contributed by atoms with van der Waals surface area (Å²) in [6, 6.07) is 5.34. The van der Waals surface area contributed by atoms with E-state index in [1.54, 1.807) is 6.07 Å². The van der Waals surface area contributed by atoms with Gasteiger partial charge in [0.15, 0.2) is 0 Å². The van der Waals surface area contributed by atoms with Crippen LogP contribution in [0.5, 0.6) is 0 Å². The highest BCUT2D eigenvalue weighted by molar-refractivity contribution is 7.89. The topological polar surface area (TPSA) is 62.3 Å². The van der Waals surface area contributed by atoms with Crippen molar-refractivity contribution in [2.45, 2.75) is 45.7 Å². The van der Waals surface area contributed by atoms with E-state index in [9.17, 15) is 8.42 Å². The van der Waals surface area contributed by atoms with Gasteiger partial charge in [0.1, 0.15) is 5.01 Å². The third-order valence-electron chi connectivity index (χ3n) is 3.91. The number of sulfonamides is 1. The second-order valence-corrected chi connectivity index (χ2v) is 8.47. The molecule has 0 fully saturated rings.